The van der Waals surface area contributed by atoms with Crippen molar-refractivity contribution in [3.8, 4) is 0 Å². The lowest BCUT2D eigenvalue weighted by Gasteiger charge is -2.22. The highest BCUT2D eigenvalue weighted by molar-refractivity contribution is 5.76. The molecule has 0 radical (unpaired) electrons. The van der Waals surface area contributed by atoms with Crippen LogP contribution in [0.1, 0.15) is 393 Å². The van der Waals surface area contributed by atoms with Crippen molar-refractivity contribution in [3.05, 3.63) is 24.3 Å². The minimum atomic E-state index is -0.661. The summed E-state index contributed by atoms with van der Waals surface area (Å²) in [6, 6.07) is -0.539. The molecule has 0 aliphatic rings. The van der Waals surface area contributed by atoms with Crippen molar-refractivity contribution >= 4 is 11.9 Å². The average molecular weight is 1080 g/mol. The van der Waals surface area contributed by atoms with Crippen LogP contribution in [0.5, 0.6) is 0 Å². The SMILES string of the molecule is CCCCCCC/C=C\CCCCCCCC(=O)OCCCCCCCCCCCCCC/C=C\CCCCCCCCCCCCCCCCCCC(=O)NC(CO)C(O)CCCCCCCCCCCCCCCC. The molecule has 0 fully saturated rings. The third-order valence-electron chi connectivity index (χ3n) is 16.5. The summed E-state index contributed by atoms with van der Waals surface area (Å²) in [6.07, 6.45) is 83.7. The molecule has 1 amide bonds. The highest BCUT2D eigenvalue weighted by atomic mass is 16.5. The van der Waals surface area contributed by atoms with Gasteiger partial charge in [-0.05, 0) is 77.0 Å². The van der Waals surface area contributed by atoms with E-state index in [9.17, 15) is 19.8 Å². The largest absolute Gasteiger partial charge is 0.466 e. The molecular weight excluding hydrogens is 947 g/mol. The molecule has 0 bridgehead atoms. The molecule has 0 saturated heterocycles. The Morgan fingerprint density at radius 3 is 0.922 bits per heavy atom. The molecule has 0 heterocycles. The Labute approximate surface area is 481 Å². The molecule has 6 nitrogen and oxygen atoms in total. The number of carbonyl (C=O) groups is 2. The maximum Gasteiger partial charge on any atom is 0.305 e. The molecule has 0 aliphatic heterocycles. The van der Waals surface area contributed by atoms with Gasteiger partial charge >= 0.3 is 5.97 Å². The molecule has 0 aromatic rings. The first kappa shape index (κ1) is 75.3. The summed E-state index contributed by atoms with van der Waals surface area (Å²) in [7, 11) is 0. The van der Waals surface area contributed by atoms with Gasteiger partial charge in [0.1, 0.15) is 0 Å². The van der Waals surface area contributed by atoms with Crippen molar-refractivity contribution in [1.29, 1.82) is 0 Å². The fourth-order valence-corrected chi connectivity index (χ4v) is 11.1. The van der Waals surface area contributed by atoms with E-state index >= 15 is 0 Å². The quantitative estimate of drug-likeness (QED) is 0.0320. The van der Waals surface area contributed by atoms with Gasteiger partial charge in [0.2, 0.25) is 5.91 Å². The first-order valence-electron chi connectivity index (χ1n) is 35.1. The van der Waals surface area contributed by atoms with E-state index in [1.165, 1.54) is 315 Å². The number of rotatable bonds is 66. The van der Waals surface area contributed by atoms with Gasteiger partial charge in [0, 0.05) is 12.8 Å². The summed E-state index contributed by atoms with van der Waals surface area (Å²) in [5, 5.41) is 23.3. The fourth-order valence-electron chi connectivity index (χ4n) is 11.1. The van der Waals surface area contributed by atoms with Gasteiger partial charge in [-0.2, -0.15) is 0 Å². The summed E-state index contributed by atoms with van der Waals surface area (Å²) in [5.41, 5.74) is 0. The van der Waals surface area contributed by atoms with E-state index in [4.69, 9.17) is 4.74 Å². The van der Waals surface area contributed by atoms with Crippen LogP contribution in [0.25, 0.3) is 0 Å². The van der Waals surface area contributed by atoms with E-state index in [0.717, 1.165) is 44.9 Å². The Balaban J connectivity index is 3.34. The van der Waals surface area contributed by atoms with Crippen LogP contribution in [0.3, 0.4) is 0 Å². The summed E-state index contributed by atoms with van der Waals surface area (Å²) in [5.74, 6) is -0.0197. The number of nitrogens with one attached hydrogen (secondary N) is 1. The Bertz CT molecular complexity index is 1200. The lowest BCUT2D eigenvalue weighted by molar-refractivity contribution is -0.143. The number of hydrogen-bond donors (Lipinski definition) is 3. The summed E-state index contributed by atoms with van der Waals surface area (Å²) < 4.78 is 5.49. The number of allylic oxidation sites excluding steroid dienone is 4. The third kappa shape index (κ3) is 63.4. The Morgan fingerprint density at radius 1 is 0.351 bits per heavy atom. The zero-order chi connectivity index (χ0) is 55.7. The zero-order valence-electron chi connectivity index (χ0n) is 52.2. The van der Waals surface area contributed by atoms with E-state index in [1.54, 1.807) is 0 Å². The highest BCUT2D eigenvalue weighted by Gasteiger charge is 2.20. The number of aliphatic hydroxyl groups excluding tert-OH is 2. The standard InChI is InChI=1S/C71H137NO5/c1-3-5-7-9-11-13-15-17-39-43-47-51-55-59-63-69(74)68(67-73)72-70(75)64-60-56-52-48-44-40-37-35-33-31-29-27-25-23-21-19-20-22-24-26-28-30-32-34-36-38-42-46-50-54-58-62-66-77-71(76)65-61-57-53-49-45-41-18-16-14-12-10-8-6-4-2/h16,18,22,24,68-69,73-74H,3-15,17,19-21,23,25-67H2,1-2H3,(H,72,75)/b18-16-,24-22-. The number of unbranched alkanes of at least 4 members (excludes halogenated alkanes) is 51. The lowest BCUT2D eigenvalue weighted by atomic mass is 10.0. The van der Waals surface area contributed by atoms with Crippen LogP contribution >= 0.6 is 0 Å². The smallest absolute Gasteiger partial charge is 0.305 e. The van der Waals surface area contributed by atoms with Crippen LogP contribution in [-0.2, 0) is 14.3 Å². The number of hydrogen-bond acceptors (Lipinski definition) is 5. The van der Waals surface area contributed by atoms with Gasteiger partial charge in [-0.3, -0.25) is 9.59 Å². The second kappa shape index (κ2) is 66.8. The van der Waals surface area contributed by atoms with Crippen molar-refractivity contribution in [2.24, 2.45) is 0 Å². The van der Waals surface area contributed by atoms with Gasteiger partial charge < -0.3 is 20.3 Å². The number of aliphatic hydroxyl groups is 2. The van der Waals surface area contributed by atoms with E-state index in [2.05, 4.69) is 43.5 Å². The van der Waals surface area contributed by atoms with Crippen LogP contribution in [0.2, 0.25) is 0 Å². The predicted molar refractivity (Wildman–Crippen MR) is 338 cm³/mol. The Morgan fingerprint density at radius 2 is 0.610 bits per heavy atom. The van der Waals surface area contributed by atoms with Crippen molar-refractivity contribution in [3.63, 3.8) is 0 Å². The Kier molecular flexibility index (Phi) is 65.4. The number of esters is 1. The van der Waals surface area contributed by atoms with Crippen LogP contribution in [0.15, 0.2) is 24.3 Å². The van der Waals surface area contributed by atoms with Gasteiger partial charge in [-0.1, -0.05) is 327 Å². The monoisotopic (exact) mass is 1080 g/mol. The molecule has 2 unspecified atom stereocenters. The first-order chi connectivity index (χ1) is 38.0. The summed E-state index contributed by atoms with van der Waals surface area (Å²) in [4.78, 5) is 24.5. The summed E-state index contributed by atoms with van der Waals surface area (Å²) >= 11 is 0. The molecule has 0 aromatic carbocycles. The minimum absolute atomic E-state index is 0.0102. The van der Waals surface area contributed by atoms with E-state index in [-0.39, 0.29) is 18.5 Å². The lowest BCUT2D eigenvalue weighted by Crippen LogP contribution is -2.45. The van der Waals surface area contributed by atoms with Crippen molar-refractivity contribution in [2.45, 2.75) is 405 Å². The molecule has 0 aliphatic carbocycles. The molecule has 0 aromatic heterocycles. The zero-order valence-corrected chi connectivity index (χ0v) is 52.2. The molecule has 3 N–H and O–H groups in total. The first-order valence-corrected chi connectivity index (χ1v) is 35.1. The van der Waals surface area contributed by atoms with Gasteiger partial charge in [0.05, 0.1) is 25.4 Å². The maximum absolute atomic E-state index is 12.5. The Hall–Kier alpha value is -1.66. The second-order valence-electron chi connectivity index (χ2n) is 24.2. The van der Waals surface area contributed by atoms with E-state index in [1.807, 2.05) is 0 Å². The highest BCUT2D eigenvalue weighted by Crippen LogP contribution is 2.19. The van der Waals surface area contributed by atoms with Crippen LogP contribution < -0.4 is 5.32 Å². The van der Waals surface area contributed by atoms with E-state index in [0.29, 0.717) is 25.9 Å². The molecule has 0 saturated carbocycles. The second-order valence-corrected chi connectivity index (χ2v) is 24.2. The number of ether oxygens (including phenoxy) is 1. The van der Waals surface area contributed by atoms with Crippen molar-refractivity contribution < 1.29 is 24.5 Å². The van der Waals surface area contributed by atoms with Crippen LogP contribution in [0, 0.1) is 0 Å². The van der Waals surface area contributed by atoms with Crippen LogP contribution in [-0.4, -0.2) is 47.4 Å². The molecule has 6 heteroatoms. The maximum atomic E-state index is 12.5. The average Bonchev–Trinajstić information content (AvgIpc) is 3.43. The number of amides is 1. The molecule has 77 heavy (non-hydrogen) atoms. The molecule has 0 rings (SSSR count). The predicted octanol–water partition coefficient (Wildman–Crippen LogP) is 22.5. The van der Waals surface area contributed by atoms with E-state index < -0.39 is 12.1 Å². The fraction of sp³-hybridized carbons (Fsp3) is 0.915. The third-order valence-corrected chi connectivity index (χ3v) is 16.5. The van der Waals surface area contributed by atoms with Gasteiger partial charge in [-0.25, -0.2) is 0 Å². The normalized spacial score (nSPS) is 12.6. The minimum Gasteiger partial charge on any atom is -0.466 e. The molecule has 0 spiro atoms. The van der Waals surface area contributed by atoms with Gasteiger partial charge in [-0.15, -0.1) is 0 Å². The van der Waals surface area contributed by atoms with Gasteiger partial charge in [0.15, 0.2) is 0 Å². The van der Waals surface area contributed by atoms with Crippen LogP contribution in [0.4, 0.5) is 0 Å². The molecule has 456 valence electrons. The van der Waals surface area contributed by atoms with Crippen molar-refractivity contribution in [2.75, 3.05) is 13.2 Å². The number of carbonyl (C=O) groups excluding carboxylic acids is 2. The topological polar surface area (TPSA) is 95.9 Å². The molecular formula is C71H137NO5. The van der Waals surface area contributed by atoms with Crippen molar-refractivity contribution in [1.82, 2.24) is 5.32 Å². The van der Waals surface area contributed by atoms with Gasteiger partial charge in [0.25, 0.3) is 0 Å². The summed E-state index contributed by atoms with van der Waals surface area (Å²) in [6.45, 7) is 4.97. The molecule has 2 atom stereocenters.